The highest BCUT2D eigenvalue weighted by Gasteiger charge is 2.10. The first kappa shape index (κ1) is 15.7. The van der Waals surface area contributed by atoms with Gasteiger partial charge in [-0.25, -0.2) is 0 Å². The maximum atomic E-state index is 12.1. The molecule has 0 N–H and O–H groups in total. The van der Waals surface area contributed by atoms with Crippen molar-refractivity contribution in [2.45, 2.75) is 27.7 Å². The zero-order chi connectivity index (χ0) is 14.3. The van der Waals surface area contributed by atoms with Gasteiger partial charge in [0.25, 0.3) is 0 Å². The monoisotopic (exact) mass is 262 g/mol. The molecule has 1 aromatic rings. The molecule has 0 heterocycles. The quantitative estimate of drug-likeness (QED) is 0.673. The lowest BCUT2D eigenvalue weighted by molar-refractivity contribution is 0.0937. The third-order valence-electron chi connectivity index (χ3n) is 3.58. The zero-order valence-corrected chi connectivity index (χ0v) is 12.6. The van der Waals surface area contributed by atoms with Gasteiger partial charge in [-0.15, -0.1) is 0 Å². The molecule has 3 nitrogen and oxygen atoms in total. The molecule has 0 saturated heterocycles. The second-order valence-corrected chi connectivity index (χ2v) is 4.60. The van der Waals surface area contributed by atoms with E-state index in [-0.39, 0.29) is 5.78 Å². The summed E-state index contributed by atoms with van der Waals surface area (Å²) in [7, 11) is 0. The van der Waals surface area contributed by atoms with Gasteiger partial charge in [0.05, 0.1) is 6.54 Å². The molecule has 19 heavy (non-hydrogen) atoms. The molecule has 106 valence electrons. The van der Waals surface area contributed by atoms with Gasteiger partial charge in [0.2, 0.25) is 0 Å². The van der Waals surface area contributed by atoms with E-state index in [1.807, 2.05) is 24.3 Å². The summed E-state index contributed by atoms with van der Waals surface area (Å²) in [4.78, 5) is 16.6. The van der Waals surface area contributed by atoms with Crippen LogP contribution in [0.4, 0.5) is 5.69 Å². The first-order valence-electron chi connectivity index (χ1n) is 7.26. The first-order valence-corrected chi connectivity index (χ1v) is 7.26. The number of carbonyl (C=O) groups excluding carboxylic acids is 1. The van der Waals surface area contributed by atoms with Crippen LogP contribution in [0.2, 0.25) is 0 Å². The van der Waals surface area contributed by atoms with E-state index in [1.54, 1.807) is 0 Å². The molecule has 0 atom stereocenters. The Hall–Kier alpha value is -1.35. The first-order chi connectivity index (χ1) is 9.15. The van der Waals surface area contributed by atoms with E-state index in [9.17, 15) is 4.79 Å². The molecule has 0 aliphatic heterocycles. The van der Waals surface area contributed by atoms with Gasteiger partial charge in [-0.2, -0.15) is 0 Å². The molecule has 0 spiro atoms. The molecule has 3 heteroatoms. The van der Waals surface area contributed by atoms with Crippen molar-refractivity contribution in [3.05, 3.63) is 29.8 Å². The van der Waals surface area contributed by atoms with Crippen LogP contribution >= 0.6 is 0 Å². The molecule has 1 aromatic carbocycles. The van der Waals surface area contributed by atoms with Crippen LogP contribution in [-0.4, -0.2) is 43.4 Å². The van der Waals surface area contributed by atoms with Crippen molar-refractivity contribution in [1.29, 1.82) is 0 Å². The van der Waals surface area contributed by atoms with E-state index in [4.69, 9.17) is 0 Å². The second-order valence-electron chi connectivity index (χ2n) is 4.60. The van der Waals surface area contributed by atoms with Gasteiger partial charge in [0.1, 0.15) is 0 Å². The topological polar surface area (TPSA) is 23.6 Å². The van der Waals surface area contributed by atoms with Crippen molar-refractivity contribution in [2.24, 2.45) is 0 Å². The van der Waals surface area contributed by atoms with E-state index in [2.05, 4.69) is 37.5 Å². The van der Waals surface area contributed by atoms with Crippen LogP contribution in [0, 0.1) is 0 Å². The minimum Gasteiger partial charge on any atom is -0.372 e. The normalized spacial score (nSPS) is 10.8. The van der Waals surface area contributed by atoms with Gasteiger partial charge in [-0.3, -0.25) is 9.69 Å². The molecule has 0 saturated carbocycles. The number of hydrogen-bond acceptors (Lipinski definition) is 3. The number of Topliss-reactive ketones (excluding diaryl/α,β-unsaturated/α-hetero) is 1. The number of carbonyl (C=O) groups is 1. The molecule has 0 radical (unpaired) electrons. The summed E-state index contributed by atoms with van der Waals surface area (Å²) in [6.07, 6.45) is 0. The summed E-state index contributed by atoms with van der Waals surface area (Å²) in [5, 5.41) is 0. The Kier molecular flexibility index (Phi) is 6.57. The summed E-state index contributed by atoms with van der Waals surface area (Å²) >= 11 is 0. The highest BCUT2D eigenvalue weighted by Crippen LogP contribution is 2.15. The molecular weight excluding hydrogens is 236 g/mol. The standard InChI is InChI=1S/C16H26N2O/c1-5-17(6-2)13-16(19)14-9-11-15(12-10-14)18(7-3)8-4/h9-12H,5-8,13H2,1-4H3. The maximum Gasteiger partial charge on any atom is 0.176 e. The minimum absolute atomic E-state index is 0.204. The Morgan fingerprint density at radius 1 is 0.895 bits per heavy atom. The highest BCUT2D eigenvalue weighted by atomic mass is 16.1. The van der Waals surface area contributed by atoms with Gasteiger partial charge >= 0.3 is 0 Å². The van der Waals surface area contributed by atoms with Gasteiger partial charge in [0, 0.05) is 24.3 Å². The Balaban J connectivity index is 2.72. The maximum absolute atomic E-state index is 12.1. The lowest BCUT2D eigenvalue weighted by Gasteiger charge is -2.21. The zero-order valence-electron chi connectivity index (χ0n) is 12.6. The summed E-state index contributed by atoms with van der Waals surface area (Å²) < 4.78 is 0. The molecule has 0 bridgehead atoms. The van der Waals surface area contributed by atoms with Gasteiger partial charge in [-0.05, 0) is 51.2 Å². The van der Waals surface area contributed by atoms with Gasteiger partial charge < -0.3 is 4.90 Å². The number of rotatable bonds is 8. The van der Waals surface area contributed by atoms with Crippen molar-refractivity contribution in [2.75, 3.05) is 37.6 Å². The van der Waals surface area contributed by atoms with Gasteiger partial charge in [0.15, 0.2) is 5.78 Å². The van der Waals surface area contributed by atoms with Crippen LogP contribution in [-0.2, 0) is 0 Å². The average Bonchev–Trinajstić information content (AvgIpc) is 2.46. The van der Waals surface area contributed by atoms with Crippen LogP contribution in [0.25, 0.3) is 0 Å². The fourth-order valence-corrected chi connectivity index (χ4v) is 2.19. The number of benzene rings is 1. The Morgan fingerprint density at radius 2 is 1.42 bits per heavy atom. The van der Waals surface area contributed by atoms with Crippen LogP contribution in [0.15, 0.2) is 24.3 Å². The number of hydrogen-bond donors (Lipinski definition) is 0. The van der Waals surface area contributed by atoms with Crippen molar-refractivity contribution >= 4 is 11.5 Å². The van der Waals surface area contributed by atoms with Crippen molar-refractivity contribution < 1.29 is 4.79 Å². The third-order valence-corrected chi connectivity index (χ3v) is 3.58. The lowest BCUT2D eigenvalue weighted by atomic mass is 10.1. The smallest absolute Gasteiger partial charge is 0.176 e. The Bertz CT molecular complexity index is 378. The molecule has 0 fully saturated rings. The van der Waals surface area contributed by atoms with Crippen molar-refractivity contribution in [3.63, 3.8) is 0 Å². The Morgan fingerprint density at radius 3 is 1.84 bits per heavy atom. The molecule has 0 amide bonds. The van der Waals surface area contributed by atoms with Gasteiger partial charge in [-0.1, -0.05) is 13.8 Å². The molecular formula is C16H26N2O. The minimum atomic E-state index is 0.204. The summed E-state index contributed by atoms with van der Waals surface area (Å²) in [6, 6.07) is 7.98. The Labute approximate surface area is 117 Å². The van der Waals surface area contributed by atoms with Crippen molar-refractivity contribution in [1.82, 2.24) is 4.90 Å². The van der Waals surface area contributed by atoms with Crippen LogP contribution in [0.1, 0.15) is 38.1 Å². The van der Waals surface area contributed by atoms with Crippen LogP contribution < -0.4 is 4.90 Å². The summed E-state index contributed by atoms with van der Waals surface area (Å²) in [6.45, 7) is 12.8. The third kappa shape index (κ3) is 4.35. The lowest BCUT2D eigenvalue weighted by Crippen LogP contribution is -2.29. The number of nitrogens with zero attached hydrogens (tertiary/aromatic N) is 2. The molecule has 0 unspecified atom stereocenters. The predicted molar refractivity (Wildman–Crippen MR) is 82.1 cm³/mol. The molecule has 1 rings (SSSR count). The predicted octanol–water partition coefficient (Wildman–Crippen LogP) is 3.06. The second kappa shape index (κ2) is 7.95. The fraction of sp³-hybridized carbons (Fsp3) is 0.562. The SMILES string of the molecule is CCN(CC)CC(=O)c1ccc(N(CC)CC)cc1. The molecule has 0 aliphatic rings. The summed E-state index contributed by atoms with van der Waals surface area (Å²) in [5.41, 5.74) is 1.99. The van der Waals surface area contributed by atoms with E-state index >= 15 is 0 Å². The largest absolute Gasteiger partial charge is 0.372 e. The van der Waals surface area contributed by atoms with Crippen molar-refractivity contribution in [3.8, 4) is 0 Å². The fourth-order valence-electron chi connectivity index (χ4n) is 2.19. The van der Waals surface area contributed by atoms with Crippen LogP contribution in [0.3, 0.4) is 0 Å². The molecule has 0 aliphatic carbocycles. The average molecular weight is 262 g/mol. The van der Waals surface area contributed by atoms with E-state index in [0.29, 0.717) is 6.54 Å². The highest BCUT2D eigenvalue weighted by molar-refractivity contribution is 5.97. The van der Waals surface area contributed by atoms with E-state index in [0.717, 1.165) is 31.7 Å². The number of ketones is 1. The van der Waals surface area contributed by atoms with Crippen LogP contribution in [0.5, 0.6) is 0 Å². The number of anilines is 1. The van der Waals surface area contributed by atoms with E-state index in [1.165, 1.54) is 5.69 Å². The molecule has 0 aromatic heterocycles. The van der Waals surface area contributed by atoms with E-state index < -0.39 is 0 Å². The number of likely N-dealkylation sites (N-methyl/N-ethyl adjacent to an activating group) is 1. The summed E-state index contributed by atoms with van der Waals surface area (Å²) in [5.74, 6) is 0.204.